The summed E-state index contributed by atoms with van der Waals surface area (Å²) in [6.45, 7) is 3.51. The van der Waals surface area contributed by atoms with E-state index in [1.54, 1.807) is 11.8 Å². The lowest BCUT2D eigenvalue weighted by molar-refractivity contribution is -0.124. The van der Waals surface area contributed by atoms with E-state index in [0.717, 1.165) is 24.3 Å². The molecule has 4 nitrogen and oxygen atoms in total. The monoisotopic (exact) mass is 247 g/mol. The molecule has 1 rings (SSSR count). The third kappa shape index (κ3) is 5.18. The highest BCUT2D eigenvalue weighted by Crippen LogP contribution is 2.18. The van der Waals surface area contributed by atoms with Crippen molar-refractivity contribution in [2.24, 2.45) is 5.92 Å². The van der Waals surface area contributed by atoms with Crippen LogP contribution in [0.2, 0.25) is 0 Å². The molecule has 94 valence electrons. The summed E-state index contributed by atoms with van der Waals surface area (Å²) in [5.74, 6) is 2.02. The van der Waals surface area contributed by atoms with Crippen molar-refractivity contribution in [3.05, 3.63) is 0 Å². The molecule has 2 unspecified atom stereocenters. The van der Waals surface area contributed by atoms with Gasteiger partial charge in [-0.05, 0) is 25.5 Å². The highest BCUT2D eigenvalue weighted by molar-refractivity contribution is 7.99. The molecule has 1 aliphatic rings. The minimum atomic E-state index is 0.0393. The number of aliphatic hydroxyl groups excluding tert-OH is 1. The van der Waals surface area contributed by atoms with Crippen LogP contribution in [0, 0.1) is 5.92 Å². The maximum absolute atomic E-state index is 11.6. The number of hydrogen-bond donors (Lipinski definition) is 2. The second kappa shape index (κ2) is 7.92. The Morgan fingerprint density at radius 3 is 3.00 bits per heavy atom. The summed E-state index contributed by atoms with van der Waals surface area (Å²) >= 11 is 1.76. The van der Waals surface area contributed by atoms with Crippen molar-refractivity contribution < 1.29 is 14.6 Å². The van der Waals surface area contributed by atoms with Gasteiger partial charge in [0.15, 0.2) is 0 Å². The Morgan fingerprint density at radius 2 is 2.38 bits per heavy atom. The maximum atomic E-state index is 11.6. The molecule has 1 saturated heterocycles. The van der Waals surface area contributed by atoms with Gasteiger partial charge in [-0.2, -0.15) is 11.8 Å². The molecule has 2 N–H and O–H groups in total. The third-order valence-electron chi connectivity index (χ3n) is 2.56. The van der Waals surface area contributed by atoms with Gasteiger partial charge in [-0.25, -0.2) is 0 Å². The minimum Gasteiger partial charge on any atom is -0.396 e. The van der Waals surface area contributed by atoms with Crippen molar-refractivity contribution >= 4 is 17.7 Å². The van der Waals surface area contributed by atoms with E-state index in [1.165, 1.54) is 0 Å². The van der Waals surface area contributed by atoms with Gasteiger partial charge in [-0.1, -0.05) is 0 Å². The molecule has 0 aromatic heterocycles. The summed E-state index contributed by atoms with van der Waals surface area (Å²) in [5.41, 5.74) is 0. The average molecular weight is 247 g/mol. The van der Waals surface area contributed by atoms with E-state index in [-0.39, 0.29) is 24.5 Å². The summed E-state index contributed by atoms with van der Waals surface area (Å²) in [4.78, 5) is 11.6. The summed E-state index contributed by atoms with van der Waals surface area (Å²) in [6, 6.07) is 0. The Labute approximate surface area is 101 Å². The number of rotatable bonds is 7. The Balaban J connectivity index is 1.98. The van der Waals surface area contributed by atoms with Crippen LogP contribution in [0.15, 0.2) is 0 Å². The lowest BCUT2D eigenvalue weighted by Gasteiger charge is -2.08. The topological polar surface area (TPSA) is 58.6 Å². The average Bonchev–Trinajstić information content (AvgIpc) is 2.70. The van der Waals surface area contributed by atoms with Gasteiger partial charge in [-0.3, -0.25) is 4.79 Å². The predicted octanol–water partition coefficient (Wildman–Crippen LogP) is 0.643. The van der Waals surface area contributed by atoms with Gasteiger partial charge in [0.2, 0.25) is 5.91 Å². The Bertz CT molecular complexity index is 213. The van der Waals surface area contributed by atoms with Gasteiger partial charge in [0.1, 0.15) is 0 Å². The van der Waals surface area contributed by atoms with E-state index in [1.807, 2.05) is 6.92 Å². The molecule has 1 aliphatic heterocycles. The number of ether oxygens (including phenoxy) is 1. The molecule has 0 radical (unpaired) electrons. The Hall–Kier alpha value is -0.260. The molecule has 5 heteroatoms. The molecule has 0 spiro atoms. The summed E-state index contributed by atoms with van der Waals surface area (Å²) < 4.78 is 5.35. The Kier molecular flexibility index (Phi) is 6.84. The molecule has 0 bridgehead atoms. The van der Waals surface area contributed by atoms with Crippen LogP contribution in [0.5, 0.6) is 0 Å². The van der Waals surface area contributed by atoms with E-state index in [2.05, 4.69) is 5.32 Å². The van der Waals surface area contributed by atoms with Gasteiger partial charge in [0.25, 0.3) is 0 Å². The zero-order valence-corrected chi connectivity index (χ0v) is 10.6. The second-order valence-electron chi connectivity index (χ2n) is 4.06. The molecule has 0 aromatic carbocycles. The number of hydrogen-bond acceptors (Lipinski definition) is 4. The summed E-state index contributed by atoms with van der Waals surface area (Å²) in [5, 5.41) is 11.5. The summed E-state index contributed by atoms with van der Waals surface area (Å²) in [7, 11) is 0. The van der Waals surface area contributed by atoms with E-state index in [4.69, 9.17) is 9.84 Å². The first-order chi connectivity index (χ1) is 7.74. The fourth-order valence-corrected chi connectivity index (χ4v) is 2.44. The quantitative estimate of drug-likeness (QED) is 0.648. The molecule has 0 aliphatic carbocycles. The number of nitrogens with one attached hydrogen (secondary N) is 1. The van der Waals surface area contributed by atoms with Gasteiger partial charge in [0, 0.05) is 18.9 Å². The van der Waals surface area contributed by atoms with E-state index < -0.39 is 0 Å². The normalized spacial score (nSPS) is 24.6. The maximum Gasteiger partial charge on any atom is 0.225 e. The largest absolute Gasteiger partial charge is 0.396 e. The molecule has 0 saturated carbocycles. The van der Waals surface area contributed by atoms with Crippen molar-refractivity contribution in [1.82, 2.24) is 5.32 Å². The first-order valence-corrected chi connectivity index (χ1v) is 6.97. The van der Waals surface area contributed by atoms with Crippen LogP contribution in [0.4, 0.5) is 0 Å². The number of carbonyl (C=O) groups excluding carboxylic acids is 1. The van der Waals surface area contributed by atoms with Crippen LogP contribution < -0.4 is 5.32 Å². The SMILES string of the molecule is CC1CC(C(=O)NCCSCCCO)CO1. The van der Waals surface area contributed by atoms with E-state index in [0.29, 0.717) is 13.2 Å². The number of amides is 1. The van der Waals surface area contributed by atoms with Crippen LogP contribution in [0.25, 0.3) is 0 Å². The van der Waals surface area contributed by atoms with Gasteiger partial charge in [-0.15, -0.1) is 0 Å². The number of aliphatic hydroxyl groups is 1. The molecular weight excluding hydrogens is 226 g/mol. The lowest BCUT2D eigenvalue weighted by atomic mass is 10.1. The molecule has 1 heterocycles. The second-order valence-corrected chi connectivity index (χ2v) is 5.28. The first kappa shape index (κ1) is 13.8. The minimum absolute atomic E-state index is 0.0393. The third-order valence-corrected chi connectivity index (χ3v) is 3.63. The van der Waals surface area contributed by atoms with Gasteiger partial charge < -0.3 is 15.2 Å². The molecule has 16 heavy (non-hydrogen) atoms. The predicted molar refractivity (Wildman–Crippen MR) is 65.6 cm³/mol. The molecule has 1 amide bonds. The van der Waals surface area contributed by atoms with Crippen LogP contribution in [-0.4, -0.2) is 48.4 Å². The molecular formula is C11H21NO3S. The fraction of sp³-hybridized carbons (Fsp3) is 0.909. The van der Waals surface area contributed by atoms with Crippen LogP contribution >= 0.6 is 11.8 Å². The van der Waals surface area contributed by atoms with Crippen LogP contribution in [0.1, 0.15) is 19.8 Å². The fourth-order valence-electron chi connectivity index (χ4n) is 1.66. The number of carbonyl (C=O) groups is 1. The molecule has 2 atom stereocenters. The van der Waals surface area contributed by atoms with Crippen molar-refractivity contribution in [3.63, 3.8) is 0 Å². The van der Waals surface area contributed by atoms with Crippen LogP contribution in [0.3, 0.4) is 0 Å². The zero-order valence-electron chi connectivity index (χ0n) is 9.78. The van der Waals surface area contributed by atoms with Crippen molar-refractivity contribution in [1.29, 1.82) is 0 Å². The van der Waals surface area contributed by atoms with Gasteiger partial charge >= 0.3 is 0 Å². The summed E-state index contributed by atoms with van der Waals surface area (Å²) in [6.07, 6.45) is 1.88. The Morgan fingerprint density at radius 1 is 1.56 bits per heavy atom. The van der Waals surface area contributed by atoms with Crippen molar-refractivity contribution in [2.45, 2.75) is 25.9 Å². The number of thioether (sulfide) groups is 1. The standard InChI is InChI=1S/C11H21NO3S/c1-9-7-10(8-15-9)11(14)12-3-6-16-5-2-4-13/h9-10,13H,2-8H2,1H3,(H,12,14). The van der Waals surface area contributed by atoms with E-state index >= 15 is 0 Å². The highest BCUT2D eigenvalue weighted by atomic mass is 32.2. The van der Waals surface area contributed by atoms with Crippen LogP contribution in [-0.2, 0) is 9.53 Å². The molecule has 1 fully saturated rings. The smallest absolute Gasteiger partial charge is 0.225 e. The highest BCUT2D eigenvalue weighted by Gasteiger charge is 2.27. The van der Waals surface area contributed by atoms with Gasteiger partial charge in [0.05, 0.1) is 18.6 Å². The zero-order chi connectivity index (χ0) is 11.8. The van der Waals surface area contributed by atoms with E-state index in [9.17, 15) is 4.79 Å². The molecule has 0 aromatic rings. The lowest BCUT2D eigenvalue weighted by Crippen LogP contribution is -2.32. The van der Waals surface area contributed by atoms with Crippen molar-refractivity contribution in [3.8, 4) is 0 Å². The first-order valence-electron chi connectivity index (χ1n) is 5.82. The van der Waals surface area contributed by atoms with Crippen molar-refractivity contribution in [2.75, 3.05) is 31.3 Å².